The number of fused-ring (bicyclic) bond motifs is 3. The Morgan fingerprint density at radius 2 is 0.943 bits per heavy atom. The van der Waals surface area contributed by atoms with Crippen molar-refractivity contribution in [2.75, 3.05) is 0 Å². The standard InChI is InChI=1S/C52H49N/c1-3-52(4-2)49-28-13-12-27-47(49)48-31-29-45(36-50(48)52)51-32-30-46(37-53-51)44-26-16-25-43(35-44)42-24-15-23-41(34-42)40-22-14-21-39(33-40)20-9-6-5-8-17-38-18-10-7-11-19-38/h7,10-16,18-19,21-37H,3-6,8-9,17,20H2,1-2H3. The predicted octanol–water partition coefficient (Wildman–Crippen LogP) is 14.2. The molecular weight excluding hydrogens is 639 g/mol. The van der Waals surface area contributed by atoms with Gasteiger partial charge in [-0.1, -0.05) is 160 Å². The lowest BCUT2D eigenvalue weighted by molar-refractivity contribution is 0.490. The zero-order valence-electron chi connectivity index (χ0n) is 31.2. The molecule has 0 spiro atoms. The van der Waals surface area contributed by atoms with Crippen LogP contribution in [0.25, 0.3) is 55.8 Å². The van der Waals surface area contributed by atoms with Crippen LogP contribution in [-0.4, -0.2) is 4.98 Å². The minimum Gasteiger partial charge on any atom is -0.256 e. The number of unbranched alkanes of at least 4 members (excludes halogenated alkanes) is 3. The van der Waals surface area contributed by atoms with Gasteiger partial charge in [-0.15, -0.1) is 0 Å². The summed E-state index contributed by atoms with van der Waals surface area (Å²) >= 11 is 0. The molecule has 1 aliphatic carbocycles. The number of rotatable bonds is 13. The maximum absolute atomic E-state index is 5.01. The Morgan fingerprint density at radius 1 is 0.396 bits per heavy atom. The summed E-state index contributed by atoms with van der Waals surface area (Å²) in [6, 6.07) is 58.2. The summed E-state index contributed by atoms with van der Waals surface area (Å²) in [5.74, 6) is 0. The summed E-state index contributed by atoms with van der Waals surface area (Å²) in [6.07, 6.45) is 11.6. The molecule has 0 unspecified atom stereocenters. The summed E-state index contributed by atoms with van der Waals surface area (Å²) < 4.78 is 0. The van der Waals surface area contributed by atoms with Crippen LogP contribution in [0, 0.1) is 0 Å². The van der Waals surface area contributed by atoms with E-state index in [1.807, 2.05) is 6.20 Å². The lowest BCUT2D eigenvalue weighted by atomic mass is 9.73. The second-order valence-corrected chi connectivity index (χ2v) is 14.8. The van der Waals surface area contributed by atoms with Crippen LogP contribution in [0.2, 0.25) is 0 Å². The third-order valence-electron chi connectivity index (χ3n) is 11.7. The topological polar surface area (TPSA) is 12.9 Å². The van der Waals surface area contributed by atoms with Gasteiger partial charge in [-0.2, -0.15) is 0 Å². The van der Waals surface area contributed by atoms with Crippen LogP contribution in [0.5, 0.6) is 0 Å². The number of nitrogens with zero attached hydrogens (tertiary/aromatic N) is 1. The van der Waals surface area contributed by atoms with Crippen molar-refractivity contribution in [1.82, 2.24) is 4.98 Å². The highest BCUT2D eigenvalue weighted by molar-refractivity contribution is 5.84. The molecule has 1 heterocycles. The molecule has 0 saturated heterocycles. The number of aromatic nitrogens is 1. The van der Waals surface area contributed by atoms with Crippen molar-refractivity contribution in [3.8, 4) is 55.8 Å². The first kappa shape index (κ1) is 34.6. The summed E-state index contributed by atoms with van der Waals surface area (Å²) in [4.78, 5) is 5.01. The van der Waals surface area contributed by atoms with E-state index >= 15 is 0 Å². The van der Waals surface area contributed by atoms with E-state index < -0.39 is 0 Å². The van der Waals surface area contributed by atoms with Crippen LogP contribution < -0.4 is 0 Å². The summed E-state index contributed by atoms with van der Waals surface area (Å²) in [5, 5.41) is 0. The molecule has 262 valence electrons. The quantitative estimate of drug-likeness (QED) is 0.110. The molecular formula is C52H49N. The number of hydrogen-bond donors (Lipinski definition) is 0. The molecule has 1 aliphatic rings. The van der Waals surface area contributed by atoms with E-state index in [9.17, 15) is 0 Å². The average Bonchev–Trinajstić information content (AvgIpc) is 3.52. The second kappa shape index (κ2) is 15.6. The zero-order valence-corrected chi connectivity index (χ0v) is 31.2. The fraction of sp³-hybridized carbons (Fsp3) is 0.212. The fourth-order valence-corrected chi connectivity index (χ4v) is 8.68. The molecule has 0 aliphatic heterocycles. The van der Waals surface area contributed by atoms with Crippen LogP contribution in [0.1, 0.15) is 74.6 Å². The maximum Gasteiger partial charge on any atom is 0.0702 e. The molecule has 0 fully saturated rings. The van der Waals surface area contributed by atoms with E-state index in [0.29, 0.717) is 0 Å². The van der Waals surface area contributed by atoms with Crippen molar-refractivity contribution in [1.29, 1.82) is 0 Å². The fourth-order valence-electron chi connectivity index (χ4n) is 8.68. The van der Waals surface area contributed by atoms with Crippen LogP contribution in [0.3, 0.4) is 0 Å². The van der Waals surface area contributed by atoms with Gasteiger partial charge in [-0.25, -0.2) is 0 Å². The third kappa shape index (κ3) is 7.14. The van der Waals surface area contributed by atoms with Crippen LogP contribution >= 0.6 is 0 Å². The number of benzene rings is 6. The molecule has 53 heavy (non-hydrogen) atoms. The van der Waals surface area contributed by atoms with E-state index in [0.717, 1.165) is 30.5 Å². The van der Waals surface area contributed by atoms with Gasteiger partial charge in [0.15, 0.2) is 0 Å². The van der Waals surface area contributed by atoms with Crippen LogP contribution in [0.4, 0.5) is 0 Å². The number of aryl methyl sites for hydroxylation is 2. The van der Waals surface area contributed by atoms with Gasteiger partial charge in [-0.05, 0) is 124 Å². The maximum atomic E-state index is 5.01. The molecule has 1 aromatic heterocycles. The molecule has 0 atom stereocenters. The molecule has 0 saturated carbocycles. The van der Waals surface area contributed by atoms with E-state index in [2.05, 4.69) is 172 Å². The van der Waals surface area contributed by atoms with Gasteiger partial charge in [0.1, 0.15) is 0 Å². The molecule has 0 amide bonds. The molecule has 1 nitrogen and oxygen atoms in total. The average molecular weight is 688 g/mol. The van der Waals surface area contributed by atoms with Crippen LogP contribution in [-0.2, 0) is 18.3 Å². The minimum absolute atomic E-state index is 0.0607. The van der Waals surface area contributed by atoms with E-state index in [4.69, 9.17) is 4.98 Å². The number of pyridine rings is 1. The Bertz CT molecular complexity index is 2310. The van der Waals surface area contributed by atoms with Crippen molar-refractivity contribution in [3.05, 3.63) is 186 Å². The van der Waals surface area contributed by atoms with Gasteiger partial charge in [0.25, 0.3) is 0 Å². The summed E-state index contributed by atoms with van der Waals surface area (Å²) in [5.41, 5.74) is 18.1. The Morgan fingerprint density at radius 3 is 1.60 bits per heavy atom. The Labute approximate surface area is 316 Å². The van der Waals surface area contributed by atoms with Gasteiger partial charge in [0, 0.05) is 22.7 Å². The van der Waals surface area contributed by atoms with Crippen LogP contribution in [0.15, 0.2) is 164 Å². The lowest BCUT2D eigenvalue weighted by Crippen LogP contribution is -2.23. The highest BCUT2D eigenvalue weighted by Gasteiger charge is 2.40. The largest absolute Gasteiger partial charge is 0.256 e. The van der Waals surface area contributed by atoms with E-state index in [1.54, 1.807) is 0 Å². The predicted molar refractivity (Wildman–Crippen MR) is 225 cm³/mol. The zero-order chi connectivity index (χ0) is 36.0. The molecule has 7 aromatic rings. The minimum atomic E-state index is 0.0607. The van der Waals surface area contributed by atoms with Gasteiger partial charge >= 0.3 is 0 Å². The highest BCUT2D eigenvalue weighted by Crippen LogP contribution is 2.53. The molecule has 0 radical (unpaired) electrons. The van der Waals surface area contributed by atoms with Gasteiger partial charge in [0.05, 0.1) is 5.69 Å². The normalized spacial score (nSPS) is 12.7. The Balaban J connectivity index is 0.951. The van der Waals surface area contributed by atoms with E-state index in [-0.39, 0.29) is 5.41 Å². The van der Waals surface area contributed by atoms with Gasteiger partial charge in [-0.3, -0.25) is 4.98 Å². The highest BCUT2D eigenvalue weighted by atomic mass is 14.7. The van der Waals surface area contributed by atoms with Crippen molar-refractivity contribution < 1.29 is 0 Å². The van der Waals surface area contributed by atoms with Crippen molar-refractivity contribution in [3.63, 3.8) is 0 Å². The van der Waals surface area contributed by atoms with Crippen molar-refractivity contribution in [2.45, 2.75) is 70.6 Å². The smallest absolute Gasteiger partial charge is 0.0702 e. The van der Waals surface area contributed by atoms with Gasteiger partial charge in [0.2, 0.25) is 0 Å². The second-order valence-electron chi connectivity index (χ2n) is 14.8. The molecule has 8 rings (SSSR count). The lowest BCUT2D eigenvalue weighted by Gasteiger charge is -2.29. The van der Waals surface area contributed by atoms with Crippen molar-refractivity contribution >= 4 is 0 Å². The first-order valence-corrected chi connectivity index (χ1v) is 19.7. The first-order valence-electron chi connectivity index (χ1n) is 19.7. The van der Waals surface area contributed by atoms with Crippen molar-refractivity contribution in [2.24, 2.45) is 0 Å². The molecule has 6 aromatic carbocycles. The number of hydrogen-bond acceptors (Lipinski definition) is 1. The molecule has 0 bridgehead atoms. The summed E-state index contributed by atoms with van der Waals surface area (Å²) in [6.45, 7) is 4.66. The van der Waals surface area contributed by atoms with E-state index in [1.165, 1.54) is 98.9 Å². The molecule has 0 N–H and O–H groups in total. The summed E-state index contributed by atoms with van der Waals surface area (Å²) in [7, 11) is 0. The third-order valence-corrected chi connectivity index (χ3v) is 11.7. The Hall–Kier alpha value is -5.53. The molecule has 1 heteroatoms. The Kier molecular flexibility index (Phi) is 10.2. The monoisotopic (exact) mass is 687 g/mol. The SMILES string of the molecule is CCC1(CC)c2ccccc2-c2ccc(-c3ccc(-c4cccc(-c5cccc(-c6cccc(CCCCCCc7ccccc7)c6)c5)c4)cn3)cc21. The van der Waals surface area contributed by atoms with Gasteiger partial charge < -0.3 is 0 Å². The first-order chi connectivity index (χ1) is 26.1.